The van der Waals surface area contributed by atoms with Crippen LogP contribution in [0, 0.1) is 11.6 Å². The Morgan fingerprint density at radius 1 is 1.11 bits per heavy atom. The Kier molecular flexibility index (Phi) is 4.72. The lowest BCUT2D eigenvalue weighted by Crippen LogP contribution is -2.40. The molecule has 0 saturated heterocycles. The number of anilines is 1. The van der Waals surface area contributed by atoms with Crippen molar-refractivity contribution >= 4 is 11.8 Å². The molecular weight excluding hydrogens is 378 g/mol. The molecule has 0 saturated carbocycles. The summed E-state index contributed by atoms with van der Waals surface area (Å²) >= 11 is 0. The smallest absolute Gasteiger partial charge is 0.416 e. The monoisotopic (exact) mass is 390 g/mol. The van der Waals surface area contributed by atoms with Gasteiger partial charge < -0.3 is 15.8 Å². The second-order valence-electron chi connectivity index (χ2n) is 5.61. The zero-order chi connectivity index (χ0) is 19.8. The number of alkyl halides is 3. The van der Waals surface area contributed by atoms with Gasteiger partial charge in [0.1, 0.15) is 11.6 Å². The molecule has 0 amide bonds. The van der Waals surface area contributed by atoms with Gasteiger partial charge in [-0.05, 0) is 24.7 Å². The minimum atomic E-state index is -4.69. The number of benzene rings is 1. The molecule has 0 radical (unpaired) electrons. The van der Waals surface area contributed by atoms with Crippen molar-refractivity contribution < 1.29 is 31.1 Å². The molecule has 3 rings (SSSR count). The third kappa shape index (κ3) is 3.54. The van der Waals surface area contributed by atoms with Crippen molar-refractivity contribution in [1.29, 1.82) is 0 Å². The Morgan fingerprint density at radius 2 is 1.81 bits per heavy atom. The van der Waals surface area contributed by atoms with Crippen LogP contribution in [-0.2, 0) is 11.9 Å². The molecule has 2 aromatic rings. The molecule has 27 heavy (non-hydrogen) atoms. The summed E-state index contributed by atoms with van der Waals surface area (Å²) in [6.07, 6.45) is -5.54. The van der Waals surface area contributed by atoms with Crippen molar-refractivity contribution in [2.75, 3.05) is 11.9 Å². The quantitative estimate of drug-likeness (QED) is 0.617. The van der Waals surface area contributed by atoms with Crippen LogP contribution in [0.5, 0.6) is 5.88 Å². The molecule has 144 valence electrons. The molecule has 0 spiro atoms. The van der Waals surface area contributed by atoms with Gasteiger partial charge in [-0.3, -0.25) is 0 Å². The van der Waals surface area contributed by atoms with Crippen molar-refractivity contribution in [3.63, 3.8) is 0 Å². The maximum atomic E-state index is 14.4. The van der Waals surface area contributed by atoms with Crippen molar-refractivity contribution in [3.8, 4) is 5.88 Å². The molecule has 1 aromatic carbocycles. The van der Waals surface area contributed by atoms with E-state index >= 15 is 0 Å². The van der Waals surface area contributed by atoms with Crippen LogP contribution in [0.1, 0.15) is 17.5 Å². The number of nitrogens with one attached hydrogen (secondary N) is 1. The highest BCUT2D eigenvalue weighted by molar-refractivity contribution is 5.92. The van der Waals surface area contributed by atoms with Crippen molar-refractivity contribution in [2.45, 2.75) is 18.3 Å². The molecule has 5 nitrogen and oxygen atoms in total. The second-order valence-corrected chi connectivity index (χ2v) is 5.61. The Balaban J connectivity index is 2.15. The van der Waals surface area contributed by atoms with E-state index in [0.29, 0.717) is 12.1 Å². The number of rotatable bonds is 4. The van der Waals surface area contributed by atoms with Gasteiger partial charge in [-0.25, -0.2) is 13.8 Å². The topological polar surface area (TPSA) is 72.5 Å². The van der Waals surface area contributed by atoms with Crippen molar-refractivity contribution in [2.24, 2.45) is 10.7 Å². The summed E-state index contributed by atoms with van der Waals surface area (Å²) in [4.78, 5) is 7.18. The molecule has 0 fully saturated rings. The molecule has 1 aromatic heterocycles. The Labute approximate surface area is 148 Å². The van der Waals surface area contributed by atoms with E-state index in [-0.39, 0.29) is 13.0 Å². The van der Waals surface area contributed by atoms with E-state index in [1.165, 1.54) is 0 Å². The summed E-state index contributed by atoms with van der Waals surface area (Å²) in [5, 5.41) is 1.95. The number of aromatic nitrogens is 1. The summed E-state index contributed by atoms with van der Waals surface area (Å²) in [5.41, 5.74) is 1.06. The summed E-state index contributed by atoms with van der Waals surface area (Å²) in [7, 11) is 0. The first-order valence-corrected chi connectivity index (χ1v) is 7.59. The third-order valence-corrected chi connectivity index (χ3v) is 3.82. The van der Waals surface area contributed by atoms with Crippen LogP contribution < -0.4 is 15.8 Å². The fourth-order valence-corrected chi connectivity index (χ4v) is 2.72. The minimum absolute atomic E-state index is 0.217. The largest absolute Gasteiger partial charge is 0.444 e. The molecule has 1 atom stereocenters. The molecule has 0 bridgehead atoms. The summed E-state index contributed by atoms with van der Waals surface area (Å²) in [6, 6.07) is 2.77. The standard InChI is InChI=1S/C16H12F6N4O/c17-9-1-2-10(18)13-12(9)15(4-5-23,26-14(19)25-13)27-11-7-8(3-6-24-11)16(20,21)22/h1-3,6-7H,4-5,23H2,(H,25,26). The summed E-state index contributed by atoms with van der Waals surface area (Å²) in [5.74, 6) is -2.61. The van der Waals surface area contributed by atoms with Gasteiger partial charge in [0.2, 0.25) is 11.6 Å². The van der Waals surface area contributed by atoms with Crippen LogP contribution in [0.4, 0.5) is 32.0 Å². The first-order valence-electron chi connectivity index (χ1n) is 7.59. The van der Waals surface area contributed by atoms with Crippen LogP contribution in [0.15, 0.2) is 35.5 Å². The first-order chi connectivity index (χ1) is 12.7. The average Bonchev–Trinajstić information content (AvgIpc) is 2.57. The van der Waals surface area contributed by atoms with Crippen LogP contribution >= 0.6 is 0 Å². The highest BCUT2D eigenvalue weighted by Crippen LogP contribution is 2.43. The van der Waals surface area contributed by atoms with E-state index in [2.05, 4.69) is 9.98 Å². The van der Waals surface area contributed by atoms with Crippen molar-refractivity contribution in [1.82, 2.24) is 4.98 Å². The van der Waals surface area contributed by atoms with Crippen LogP contribution in [-0.4, -0.2) is 17.6 Å². The third-order valence-electron chi connectivity index (χ3n) is 3.82. The lowest BCUT2D eigenvalue weighted by Gasteiger charge is -2.35. The zero-order valence-electron chi connectivity index (χ0n) is 13.4. The number of pyridine rings is 1. The second kappa shape index (κ2) is 6.72. The summed E-state index contributed by atoms with van der Waals surface area (Å²) < 4.78 is 86.6. The minimum Gasteiger partial charge on any atom is -0.444 e. The Hall–Kier alpha value is -2.82. The highest BCUT2D eigenvalue weighted by Gasteiger charge is 2.44. The number of hydrogen-bond donors (Lipinski definition) is 2. The lowest BCUT2D eigenvalue weighted by molar-refractivity contribution is -0.137. The van der Waals surface area contributed by atoms with E-state index in [1.807, 2.05) is 5.32 Å². The number of aliphatic imine (C=N–C) groups is 1. The van der Waals surface area contributed by atoms with E-state index in [4.69, 9.17) is 10.5 Å². The highest BCUT2D eigenvalue weighted by atomic mass is 19.4. The number of nitrogens with zero attached hydrogens (tertiary/aromatic N) is 2. The van der Waals surface area contributed by atoms with E-state index in [9.17, 15) is 26.3 Å². The SMILES string of the molecule is NCCC1(Oc2cc(C(F)(F)F)ccn2)N=C(F)Nc2c(F)ccc(F)c21. The normalized spacial score (nSPS) is 19.1. The molecule has 1 unspecified atom stereocenters. The Morgan fingerprint density at radius 3 is 2.48 bits per heavy atom. The fraction of sp³-hybridized carbons (Fsp3) is 0.250. The van der Waals surface area contributed by atoms with Gasteiger partial charge in [0, 0.05) is 18.7 Å². The van der Waals surface area contributed by atoms with Gasteiger partial charge in [0.05, 0.1) is 16.8 Å². The van der Waals surface area contributed by atoms with Gasteiger partial charge in [-0.15, -0.1) is 0 Å². The first kappa shape index (κ1) is 19.0. The van der Waals surface area contributed by atoms with Crippen LogP contribution in [0.3, 0.4) is 0 Å². The maximum absolute atomic E-state index is 14.4. The van der Waals surface area contributed by atoms with Gasteiger partial charge in [-0.1, -0.05) is 0 Å². The molecule has 11 heteroatoms. The molecule has 0 aliphatic carbocycles. The molecule has 1 aliphatic rings. The molecular formula is C16H12F6N4O. The average molecular weight is 390 g/mol. The predicted octanol–water partition coefficient (Wildman–Crippen LogP) is 3.71. The lowest BCUT2D eigenvalue weighted by atomic mass is 9.95. The molecule has 2 heterocycles. The van der Waals surface area contributed by atoms with E-state index in [0.717, 1.165) is 18.3 Å². The number of ether oxygens (including phenoxy) is 1. The van der Waals surface area contributed by atoms with Crippen molar-refractivity contribution in [3.05, 3.63) is 53.2 Å². The molecule has 1 aliphatic heterocycles. The number of amidine groups is 1. The summed E-state index contributed by atoms with van der Waals surface area (Å²) in [6.45, 7) is -0.217. The number of hydrogen-bond acceptors (Lipinski definition) is 5. The van der Waals surface area contributed by atoms with E-state index in [1.54, 1.807) is 0 Å². The predicted molar refractivity (Wildman–Crippen MR) is 83.7 cm³/mol. The molecule has 3 N–H and O–H groups in total. The van der Waals surface area contributed by atoms with Gasteiger partial charge in [-0.2, -0.15) is 22.6 Å². The van der Waals surface area contributed by atoms with Crippen LogP contribution in [0.2, 0.25) is 0 Å². The number of fused-ring (bicyclic) bond motifs is 1. The fourth-order valence-electron chi connectivity index (χ4n) is 2.72. The maximum Gasteiger partial charge on any atom is 0.416 e. The van der Waals surface area contributed by atoms with Gasteiger partial charge >= 0.3 is 6.18 Å². The van der Waals surface area contributed by atoms with Gasteiger partial charge in [0.15, 0.2) is 0 Å². The van der Waals surface area contributed by atoms with E-state index < -0.39 is 52.3 Å². The number of nitrogens with two attached hydrogens (primary N) is 1. The Bertz CT molecular complexity index is 901. The van der Waals surface area contributed by atoms with Crippen LogP contribution in [0.25, 0.3) is 0 Å². The zero-order valence-corrected chi connectivity index (χ0v) is 13.4. The number of halogens is 6. The van der Waals surface area contributed by atoms with Gasteiger partial charge in [0.25, 0.3) is 6.09 Å².